The van der Waals surface area contributed by atoms with Gasteiger partial charge >= 0.3 is 0 Å². The summed E-state index contributed by atoms with van der Waals surface area (Å²) >= 11 is 0. The normalized spacial score (nSPS) is 32.1. The van der Waals surface area contributed by atoms with E-state index in [0.29, 0.717) is 12.0 Å². The summed E-state index contributed by atoms with van der Waals surface area (Å²) in [5.41, 5.74) is -0.114. The minimum absolute atomic E-state index is 0.114. The third-order valence-corrected chi connectivity index (χ3v) is 3.87. The quantitative estimate of drug-likeness (QED) is 0.799. The number of nitrogens with zero attached hydrogens (tertiary/aromatic N) is 1. The van der Waals surface area contributed by atoms with Crippen LogP contribution in [0.2, 0.25) is 0 Å². The zero-order chi connectivity index (χ0) is 12.3. The number of aliphatic hydroxyl groups is 1. The fourth-order valence-corrected chi connectivity index (χ4v) is 2.67. The van der Waals surface area contributed by atoms with Gasteiger partial charge in [-0.3, -0.25) is 0 Å². The zero-order valence-corrected chi connectivity index (χ0v) is 11.4. The van der Waals surface area contributed by atoms with Crippen LogP contribution >= 0.6 is 0 Å². The smallest absolute Gasteiger partial charge is 0.0749 e. The summed E-state index contributed by atoms with van der Waals surface area (Å²) in [6.45, 7) is 7.40. The molecule has 1 N–H and O–H groups in total. The van der Waals surface area contributed by atoms with Crippen molar-refractivity contribution >= 4 is 0 Å². The van der Waals surface area contributed by atoms with Crippen molar-refractivity contribution in [2.24, 2.45) is 5.92 Å². The molecular weight excluding hydrogens is 202 g/mol. The zero-order valence-electron chi connectivity index (χ0n) is 11.4. The van der Waals surface area contributed by atoms with Crippen molar-refractivity contribution < 1.29 is 9.84 Å². The Balaban J connectivity index is 2.54. The number of ether oxygens (including phenoxy) is 1. The molecule has 0 spiro atoms. The number of aliphatic hydroxyl groups excluding tert-OH is 1. The molecule has 0 radical (unpaired) electrons. The molecule has 16 heavy (non-hydrogen) atoms. The summed E-state index contributed by atoms with van der Waals surface area (Å²) < 4.78 is 5.46. The van der Waals surface area contributed by atoms with Gasteiger partial charge in [0.2, 0.25) is 0 Å². The Morgan fingerprint density at radius 2 is 2.00 bits per heavy atom. The molecule has 1 fully saturated rings. The topological polar surface area (TPSA) is 32.7 Å². The van der Waals surface area contributed by atoms with E-state index in [-0.39, 0.29) is 11.7 Å². The second-order valence-electron chi connectivity index (χ2n) is 5.89. The predicted molar refractivity (Wildman–Crippen MR) is 66.5 cm³/mol. The van der Waals surface area contributed by atoms with E-state index in [0.717, 1.165) is 25.8 Å². The largest absolute Gasteiger partial charge is 0.393 e. The number of rotatable bonds is 4. The van der Waals surface area contributed by atoms with Crippen molar-refractivity contribution in [1.82, 2.24) is 4.90 Å². The molecule has 3 atom stereocenters. The van der Waals surface area contributed by atoms with E-state index in [1.807, 2.05) is 0 Å². The van der Waals surface area contributed by atoms with Crippen molar-refractivity contribution in [3.8, 4) is 0 Å². The second-order valence-corrected chi connectivity index (χ2v) is 5.89. The van der Waals surface area contributed by atoms with Gasteiger partial charge in [0.25, 0.3) is 0 Å². The highest BCUT2D eigenvalue weighted by atomic mass is 16.5. The maximum atomic E-state index is 9.74. The van der Waals surface area contributed by atoms with Gasteiger partial charge in [0.05, 0.1) is 11.7 Å². The molecule has 3 heteroatoms. The lowest BCUT2D eigenvalue weighted by Crippen LogP contribution is -2.48. The molecule has 0 bridgehead atoms. The van der Waals surface area contributed by atoms with Gasteiger partial charge in [0, 0.05) is 19.7 Å². The van der Waals surface area contributed by atoms with Crippen LogP contribution in [0.4, 0.5) is 0 Å². The molecule has 0 aromatic heterocycles. The average Bonchev–Trinajstić information content (AvgIpc) is 2.21. The Labute approximate surface area is 99.8 Å². The molecule has 1 rings (SSSR count). The first-order valence-corrected chi connectivity index (χ1v) is 6.29. The second kappa shape index (κ2) is 5.48. The molecule has 0 aromatic carbocycles. The summed E-state index contributed by atoms with van der Waals surface area (Å²) in [6, 6.07) is 0.484. The highest BCUT2D eigenvalue weighted by molar-refractivity contribution is 4.86. The fourth-order valence-electron chi connectivity index (χ4n) is 2.67. The molecule has 0 heterocycles. The van der Waals surface area contributed by atoms with Gasteiger partial charge in [-0.2, -0.15) is 0 Å². The van der Waals surface area contributed by atoms with Gasteiger partial charge in [-0.1, -0.05) is 6.92 Å². The van der Waals surface area contributed by atoms with Crippen LogP contribution in [0.1, 0.15) is 40.0 Å². The maximum absolute atomic E-state index is 9.74. The third kappa shape index (κ3) is 3.72. The summed E-state index contributed by atoms with van der Waals surface area (Å²) in [5, 5.41) is 9.74. The molecule has 3 nitrogen and oxygen atoms in total. The van der Waals surface area contributed by atoms with E-state index in [9.17, 15) is 5.11 Å². The first kappa shape index (κ1) is 13.9. The van der Waals surface area contributed by atoms with Crippen molar-refractivity contribution in [3.05, 3.63) is 0 Å². The first-order valence-electron chi connectivity index (χ1n) is 6.29. The molecule has 1 aliphatic carbocycles. The van der Waals surface area contributed by atoms with E-state index in [1.54, 1.807) is 7.11 Å². The van der Waals surface area contributed by atoms with Gasteiger partial charge in [0.1, 0.15) is 0 Å². The standard InChI is InChI=1S/C13H27NO2/c1-10-6-7-11(15)8-12(10)14(4)9-13(2,3)16-5/h10-12,15H,6-9H2,1-5H3. The lowest BCUT2D eigenvalue weighted by molar-refractivity contribution is -0.0318. The Hall–Kier alpha value is -0.120. The molecule has 3 unspecified atom stereocenters. The van der Waals surface area contributed by atoms with E-state index in [4.69, 9.17) is 4.74 Å². The third-order valence-electron chi connectivity index (χ3n) is 3.87. The van der Waals surface area contributed by atoms with E-state index in [2.05, 4.69) is 32.7 Å². The van der Waals surface area contributed by atoms with Crippen molar-refractivity contribution in [3.63, 3.8) is 0 Å². The van der Waals surface area contributed by atoms with Crippen molar-refractivity contribution in [2.75, 3.05) is 20.7 Å². The van der Waals surface area contributed by atoms with Crippen LogP contribution in [-0.4, -0.2) is 48.5 Å². The van der Waals surface area contributed by atoms with E-state index < -0.39 is 0 Å². The number of hydrogen-bond donors (Lipinski definition) is 1. The van der Waals surface area contributed by atoms with Crippen molar-refractivity contribution in [1.29, 1.82) is 0 Å². The summed E-state index contributed by atoms with van der Waals surface area (Å²) in [4.78, 5) is 2.34. The first-order chi connectivity index (χ1) is 7.35. The number of hydrogen-bond acceptors (Lipinski definition) is 3. The fraction of sp³-hybridized carbons (Fsp3) is 1.00. The minimum atomic E-state index is -0.116. The number of likely N-dealkylation sites (N-methyl/N-ethyl adjacent to an activating group) is 1. The lowest BCUT2D eigenvalue weighted by atomic mass is 9.83. The molecular formula is C13H27NO2. The molecule has 0 aromatic rings. The molecule has 0 saturated heterocycles. The molecule has 1 saturated carbocycles. The van der Waals surface area contributed by atoms with Crippen LogP contribution < -0.4 is 0 Å². The van der Waals surface area contributed by atoms with Gasteiger partial charge in [-0.25, -0.2) is 0 Å². The summed E-state index contributed by atoms with van der Waals surface area (Å²) in [6.07, 6.45) is 2.87. The van der Waals surface area contributed by atoms with Crippen LogP contribution in [0.25, 0.3) is 0 Å². The van der Waals surface area contributed by atoms with Crippen molar-refractivity contribution in [2.45, 2.75) is 57.8 Å². The predicted octanol–water partition coefficient (Wildman–Crippen LogP) is 1.89. The van der Waals surface area contributed by atoms with Crippen LogP contribution in [0.5, 0.6) is 0 Å². The van der Waals surface area contributed by atoms with Gasteiger partial charge < -0.3 is 14.7 Å². The monoisotopic (exact) mass is 229 g/mol. The molecule has 1 aliphatic rings. The minimum Gasteiger partial charge on any atom is -0.393 e. The molecule has 96 valence electrons. The SMILES string of the molecule is COC(C)(C)CN(C)C1CC(O)CCC1C. The maximum Gasteiger partial charge on any atom is 0.0749 e. The Morgan fingerprint density at radius 1 is 1.38 bits per heavy atom. The van der Waals surface area contributed by atoms with E-state index >= 15 is 0 Å². The average molecular weight is 229 g/mol. The summed E-state index contributed by atoms with van der Waals surface area (Å²) in [5.74, 6) is 0.668. The van der Waals surface area contributed by atoms with Gasteiger partial charge in [0.15, 0.2) is 0 Å². The molecule has 0 aliphatic heterocycles. The lowest BCUT2D eigenvalue weighted by Gasteiger charge is -2.41. The van der Waals surface area contributed by atoms with Gasteiger partial charge in [-0.05, 0) is 46.1 Å². The summed E-state index contributed by atoms with van der Waals surface area (Å²) in [7, 11) is 3.90. The molecule has 0 amide bonds. The van der Waals surface area contributed by atoms with Crippen LogP contribution in [0.15, 0.2) is 0 Å². The number of methoxy groups -OCH3 is 1. The Kier molecular flexibility index (Phi) is 4.77. The Bertz CT molecular complexity index is 218. The van der Waals surface area contributed by atoms with Crippen LogP contribution in [0.3, 0.4) is 0 Å². The van der Waals surface area contributed by atoms with Crippen LogP contribution in [0, 0.1) is 5.92 Å². The highest BCUT2D eigenvalue weighted by Gasteiger charge is 2.32. The van der Waals surface area contributed by atoms with Crippen LogP contribution in [-0.2, 0) is 4.74 Å². The van der Waals surface area contributed by atoms with Gasteiger partial charge in [-0.15, -0.1) is 0 Å². The van der Waals surface area contributed by atoms with E-state index in [1.165, 1.54) is 0 Å². The Morgan fingerprint density at radius 3 is 2.56 bits per heavy atom. The highest BCUT2D eigenvalue weighted by Crippen LogP contribution is 2.28.